The average Bonchev–Trinajstić information content (AvgIpc) is 3.05. The van der Waals surface area contributed by atoms with Crippen LogP contribution in [0.2, 0.25) is 0 Å². The fraction of sp³-hybridized carbons (Fsp3) is 0.217. The van der Waals surface area contributed by atoms with Crippen molar-refractivity contribution in [2.75, 3.05) is 5.32 Å². The normalized spacial score (nSPS) is 19.2. The molecule has 0 aliphatic carbocycles. The van der Waals surface area contributed by atoms with E-state index in [0.29, 0.717) is 47.6 Å². The smallest absolute Gasteiger partial charge is 0.278 e. The lowest BCUT2D eigenvalue weighted by atomic mass is 9.95. The number of hydrogen-bond acceptors (Lipinski definition) is 6. The van der Waals surface area contributed by atoms with Gasteiger partial charge < -0.3 is 10.4 Å². The summed E-state index contributed by atoms with van der Waals surface area (Å²) in [5.74, 6) is 0.389. The molecule has 0 unspecified atom stereocenters. The van der Waals surface area contributed by atoms with Gasteiger partial charge in [-0.2, -0.15) is 4.98 Å². The van der Waals surface area contributed by atoms with Gasteiger partial charge in [-0.1, -0.05) is 18.2 Å². The van der Waals surface area contributed by atoms with Gasteiger partial charge in [-0.3, -0.25) is 4.79 Å². The Morgan fingerprint density at radius 3 is 2.75 bits per heavy atom. The summed E-state index contributed by atoms with van der Waals surface area (Å²) in [4.78, 5) is 26.6. The highest BCUT2D eigenvalue weighted by Gasteiger charge is 2.26. The van der Waals surface area contributed by atoms with E-state index in [1.165, 1.54) is 18.3 Å². The van der Waals surface area contributed by atoms with Crippen LogP contribution in [-0.4, -0.2) is 29.4 Å². The Labute approximate surface area is 182 Å². The molecule has 1 atom stereocenters. The molecule has 0 radical (unpaired) electrons. The van der Waals surface area contributed by atoms with E-state index in [2.05, 4.69) is 20.3 Å². The first kappa shape index (κ1) is 20.1. The second-order valence-electron chi connectivity index (χ2n) is 7.93. The van der Waals surface area contributed by atoms with E-state index >= 15 is 0 Å². The molecule has 1 aliphatic heterocycles. The molecular weight excluding hydrogens is 411 g/mol. The van der Waals surface area contributed by atoms with Gasteiger partial charge in [-0.05, 0) is 56.2 Å². The lowest BCUT2D eigenvalue weighted by Crippen LogP contribution is -2.24. The van der Waals surface area contributed by atoms with Crippen molar-refractivity contribution in [3.8, 4) is 5.82 Å². The van der Waals surface area contributed by atoms with Gasteiger partial charge in [0, 0.05) is 11.9 Å². The summed E-state index contributed by atoms with van der Waals surface area (Å²) in [6.07, 6.45) is 6.48. The summed E-state index contributed by atoms with van der Waals surface area (Å²) in [6, 6.07) is 11.2. The predicted octanol–water partition coefficient (Wildman–Crippen LogP) is 3.42. The highest BCUT2D eigenvalue weighted by Crippen LogP contribution is 2.27. The number of allylic oxidation sites excluding steroid dienone is 2. The largest absolute Gasteiger partial charge is 0.384 e. The van der Waals surface area contributed by atoms with E-state index < -0.39 is 5.60 Å². The Morgan fingerprint density at radius 1 is 1.12 bits per heavy atom. The number of hydrogen-bond donors (Lipinski definition) is 2. The molecule has 162 valence electrons. The van der Waals surface area contributed by atoms with Crippen molar-refractivity contribution in [3.05, 3.63) is 82.7 Å². The molecule has 4 aromatic rings. The number of fused-ring (bicyclic) bond motifs is 6. The molecule has 4 heterocycles. The average molecular weight is 432 g/mol. The summed E-state index contributed by atoms with van der Waals surface area (Å²) in [5, 5.41) is 14.3. The topological polar surface area (TPSA) is 97.9 Å². The highest BCUT2D eigenvalue weighted by atomic mass is 19.1. The lowest BCUT2D eigenvalue weighted by Gasteiger charge is -2.22. The zero-order chi connectivity index (χ0) is 22.3. The number of pyridine rings is 1. The number of nitrogens with one attached hydrogen (secondary N) is 1. The summed E-state index contributed by atoms with van der Waals surface area (Å²) >= 11 is 0. The van der Waals surface area contributed by atoms with Crippen molar-refractivity contribution in [1.82, 2.24) is 24.3 Å². The van der Waals surface area contributed by atoms with Gasteiger partial charge in [0.2, 0.25) is 5.95 Å². The molecule has 0 saturated carbocycles. The fourth-order valence-electron chi connectivity index (χ4n) is 3.77. The molecule has 32 heavy (non-hydrogen) atoms. The Bertz CT molecular complexity index is 1390. The lowest BCUT2D eigenvalue weighted by molar-refractivity contribution is 0.0443. The number of halogens is 1. The molecule has 0 fully saturated rings. The van der Waals surface area contributed by atoms with Gasteiger partial charge in [0.15, 0.2) is 11.5 Å². The van der Waals surface area contributed by atoms with Crippen molar-refractivity contribution in [3.63, 3.8) is 0 Å². The number of aliphatic hydroxyl groups is 1. The third kappa shape index (κ3) is 3.56. The molecule has 5 rings (SSSR count). The van der Waals surface area contributed by atoms with Crippen molar-refractivity contribution in [2.45, 2.75) is 31.9 Å². The highest BCUT2D eigenvalue weighted by molar-refractivity contribution is 5.77. The fourth-order valence-corrected chi connectivity index (χ4v) is 3.77. The van der Waals surface area contributed by atoms with Crippen molar-refractivity contribution in [2.24, 2.45) is 0 Å². The summed E-state index contributed by atoms with van der Waals surface area (Å²) in [5.41, 5.74) is 0.167. The SMILES string of the molecule is C[C@]1(O)CC/C=C\Cn2c(=O)c3cnc(Nc4ccc(F)cc4)nc3n2-c2cccc1n2. The van der Waals surface area contributed by atoms with Crippen LogP contribution < -0.4 is 10.9 Å². The quantitative estimate of drug-likeness (QED) is 0.471. The minimum absolute atomic E-state index is 0.240. The molecule has 2 bridgehead atoms. The standard InChI is InChI=1S/C23H21FN6O2/c1-23(32)12-3-2-4-13-29-21(31)17-14-25-22(26-16-10-8-15(24)9-11-16)28-20(17)30(29)19-7-5-6-18(23)27-19/h2,4-11,14,32H,3,12-13H2,1H3,(H,25,26,28)/b4-2-/t23-/m0/s1. The molecule has 1 aliphatic rings. The van der Waals surface area contributed by atoms with E-state index in [0.717, 1.165) is 0 Å². The second-order valence-corrected chi connectivity index (χ2v) is 7.93. The zero-order valence-electron chi connectivity index (χ0n) is 17.4. The van der Waals surface area contributed by atoms with E-state index in [4.69, 9.17) is 0 Å². The molecule has 3 aromatic heterocycles. The van der Waals surface area contributed by atoms with Crippen LogP contribution in [0.15, 0.2) is 65.6 Å². The Morgan fingerprint density at radius 2 is 1.94 bits per heavy atom. The van der Waals surface area contributed by atoms with E-state index in [9.17, 15) is 14.3 Å². The Hall–Kier alpha value is -3.85. The van der Waals surface area contributed by atoms with Gasteiger partial charge in [-0.15, -0.1) is 0 Å². The minimum atomic E-state index is -1.11. The van der Waals surface area contributed by atoms with Crippen LogP contribution in [0.4, 0.5) is 16.0 Å². The van der Waals surface area contributed by atoms with Crippen LogP contribution in [0.25, 0.3) is 16.9 Å². The maximum atomic E-state index is 13.2. The van der Waals surface area contributed by atoms with Crippen molar-refractivity contribution < 1.29 is 9.50 Å². The van der Waals surface area contributed by atoms with E-state index in [1.54, 1.807) is 46.6 Å². The summed E-state index contributed by atoms with van der Waals surface area (Å²) < 4.78 is 16.4. The molecule has 9 heteroatoms. The number of aromatic nitrogens is 5. The number of rotatable bonds is 2. The van der Waals surface area contributed by atoms with Gasteiger partial charge in [0.25, 0.3) is 5.56 Å². The third-order valence-electron chi connectivity index (χ3n) is 5.52. The number of benzene rings is 1. The minimum Gasteiger partial charge on any atom is -0.384 e. The van der Waals surface area contributed by atoms with Crippen molar-refractivity contribution in [1.29, 1.82) is 0 Å². The molecule has 0 saturated heterocycles. The first-order chi connectivity index (χ1) is 15.4. The molecule has 0 spiro atoms. The van der Waals surface area contributed by atoms with Crippen LogP contribution in [0.5, 0.6) is 0 Å². The van der Waals surface area contributed by atoms with Crippen LogP contribution in [0.1, 0.15) is 25.5 Å². The molecular formula is C23H21FN6O2. The molecule has 2 N–H and O–H groups in total. The number of nitrogens with zero attached hydrogens (tertiary/aromatic N) is 5. The van der Waals surface area contributed by atoms with Crippen LogP contribution in [-0.2, 0) is 12.1 Å². The monoisotopic (exact) mass is 432 g/mol. The van der Waals surface area contributed by atoms with Gasteiger partial charge in [-0.25, -0.2) is 23.7 Å². The first-order valence-electron chi connectivity index (χ1n) is 10.3. The van der Waals surface area contributed by atoms with Crippen LogP contribution in [0.3, 0.4) is 0 Å². The third-order valence-corrected chi connectivity index (χ3v) is 5.52. The van der Waals surface area contributed by atoms with E-state index in [-0.39, 0.29) is 17.3 Å². The van der Waals surface area contributed by atoms with Gasteiger partial charge in [0.05, 0.1) is 12.2 Å². The molecule has 8 nitrogen and oxygen atoms in total. The van der Waals surface area contributed by atoms with Gasteiger partial charge >= 0.3 is 0 Å². The summed E-state index contributed by atoms with van der Waals surface area (Å²) in [6.45, 7) is 2.06. The second kappa shape index (κ2) is 7.69. The number of anilines is 2. The van der Waals surface area contributed by atoms with Crippen LogP contribution >= 0.6 is 0 Å². The predicted molar refractivity (Wildman–Crippen MR) is 119 cm³/mol. The maximum Gasteiger partial charge on any atom is 0.278 e. The Balaban J connectivity index is 1.70. The zero-order valence-corrected chi connectivity index (χ0v) is 17.4. The maximum absolute atomic E-state index is 13.2. The summed E-state index contributed by atoms with van der Waals surface area (Å²) in [7, 11) is 0. The van der Waals surface area contributed by atoms with Crippen LogP contribution in [0, 0.1) is 5.82 Å². The Kier molecular flexibility index (Phi) is 4.82. The molecule has 0 amide bonds. The van der Waals surface area contributed by atoms with Crippen molar-refractivity contribution >= 4 is 22.7 Å². The van der Waals surface area contributed by atoms with E-state index in [1.807, 2.05) is 12.2 Å². The molecule has 1 aromatic carbocycles. The first-order valence-corrected chi connectivity index (χ1v) is 10.3. The van der Waals surface area contributed by atoms with Gasteiger partial charge in [0.1, 0.15) is 16.8 Å².